The third-order valence-electron chi connectivity index (χ3n) is 7.67. The molecule has 0 bridgehead atoms. The minimum atomic E-state index is -0.768. The number of amides is 1. The largest absolute Gasteiger partial charge is 0.462 e. The van der Waals surface area contributed by atoms with Crippen LogP contribution in [-0.4, -0.2) is 48.0 Å². The van der Waals surface area contributed by atoms with Crippen LogP contribution in [0.2, 0.25) is 5.02 Å². The quantitative estimate of drug-likeness (QED) is 0.506. The van der Waals surface area contributed by atoms with Crippen LogP contribution in [0, 0.1) is 19.8 Å². The molecule has 1 fully saturated rings. The zero-order valence-electron chi connectivity index (χ0n) is 21.9. The number of rotatable bonds is 6. The molecule has 2 heterocycles. The lowest BCUT2D eigenvalue weighted by molar-refractivity contribution is -0.232. The third-order valence-corrected chi connectivity index (χ3v) is 8.82. The molecule has 0 radical (unpaired) electrons. The van der Waals surface area contributed by atoms with Crippen LogP contribution in [0.4, 0.5) is 0 Å². The summed E-state index contributed by atoms with van der Waals surface area (Å²) in [6.07, 6.45) is 6.15. The molecule has 2 N–H and O–H groups in total. The number of nitrogens with zero attached hydrogens (tertiary/aromatic N) is 1. The van der Waals surface area contributed by atoms with E-state index in [1.807, 2.05) is 33.1 Å². The second kappa shape index (κ2) is 10.8. The number of carbonyl (C=O) groups excluding carboxylic acids is 1. The lowest BCUT2D eigenvalue weighted by atomic mass is 9.80. The number of aromatic amines is 1. The molecular formula is C27H36ClN3O4S. The molecule has 1 saturated carbocycles. The fraction of sp³-hybridized carbons (Fsp3) is 0.556. The summed E-state index contributed by atoms with van der Waals surface area (Å²) in [5.41, 5.74) is 3.06. The molecule has 9 heteroatoms. The third kappa shape index (κ3) is 5.32. The Bertz CT molecular complexity index is 1210. The highest BCUT2D eigenvalue weighted by Gasteiger charge is 2.44. The molecule has 0 saturated heterocycles. The van der Waals surface area contributed by atoms with E-state index < -0.39 is 5.79 Å². The highest BCUT2D eigenvalue weighted by Crippen LogP contribution is 2.45. The van der Waals surface area contributed by atoms with Gasteiger partial charge in [-0.15, -0.1) is 11.8 Å². The summed E-state index contributed by atoms with van der Waals surface area (Å²) < 4.78 is 12.8. The van der Waals surface area contributed by atoms with Gasteiger partial charge in [-0.05, 0) is 72.0 Å². The summed E-state index contributed by atoms with van der Waals surface area (Å²) in [6, 6.07) is 4.16. The molecule has 1 amide bonds. The number of ether oxygens (including phenoxy) is 2. The molecule has 36 heavy (non-hydrogen) atoms. The van der Waals surface area contributed by atoms with Gasteiger partial charge in [0.1, 0.15) is 5.75 Å². The van der Waals surface area contributed by atoms with Crippen LogP contribution in [0.1, 0.15) is 65.3 Å². The number of hydrogen-bond acceptors (Lipinski definition) is 6. The Morgan fingerprint density at radius 3 is 2.58 bits per heavy atom. The smallest absolute Gasteiger partial charge is 0.254 e. The van der Waals surface area contributed by atoms with Crippen molar-refractivity contribution in [2.45, 2.75) is 76.3 Å². The number of pyridine rings is 1. The highest BCUT2D eigenvalue weighted by molar-refractivity contribution is 7.98. The van der Waals surface area contributed by atoms with Crippen molar-refractivity contribution in [1.29, 1.82) is 0 Å². The number of hydrogen-bond donors (Lipinski definition) is 2. The second-order valence-corrected chi connectivity index (χ2v) is 11.5. The predicted molar refractivity (Wildman–Crippen MR) is 144 cm³/mol. The number of benzene rings is 1. The predicted octanol–water partition coefficient (Wildman–Crippen LogP) is 5.04. The average molecular weight is 534 g/mol. The molecule has 196 valence electrons. The van der Waals surface area contributed by atoms with Gasteiger partial charge in [-0.2, -0.15) is 0 Å². The van der Waals surface area contributed by atoms with Crippen molar-refractivity contribution >= 4 is 29.3 Å². The topological polar surface area (TPSA) is 83.7 Å². The van der Waals surface area contributed by atoms with Gasteiger partial charge in [0, 0.05) is 58.3 Å². The Morgan fingerprint density at radius 2 is 1.94 bits per heavy atom. The minimum absolute atomic E-state index is 0.121. The SMILES string of the molecule is CSc1cc(C)[nH]c(=O)c1CNC(=O)c1cc(Cl)c2c(c1C)OC(C)(C1CCC(N(C)C)CC1)OC2. The zero-order valence-corrected chi connectivity index (χ0v) is 23.5. The summed E-state index contributed by atoms with van der Waals surface area (Å²) in [5, 5.41) is 3.34. The lowest BCUT2D eigenvalue weighted by Crippen LogP contribution is -2.48. The molecule has 1 aromatic heterocycles. The summed E-state index contributed by atoms with van der Waals surface area (Å²) in [5.74, 6) is -0.173. The van der Waals surface area contributed by atoms with Gasteiger partial charge >= 0.3 is 0 Å². The Kier molecular flexibility index (Phi) is 8.10. The van der Waals surface area contributed by atoms with Crippen LogP contribution in [-0.2, 0) is 17.9 Å². The molecular weight excluding hydrogens is 498 g/mol. The van der Waals surface area contributed by atoms with Crippen LogP contribution in [0.15, 0.2) is 21.8 Å². The normalized spacial score (nSPS) is 23.8. The number of fused-ring (bicyclic) bond motifs is 1. The van der Waals surface area contributed by atoms with Crippen LogP contribution in [0.5, 0.6) is 5.75 Å². The van der Waals surface area contributed by atoms with Crippen LogP contribution < -0.4 is 15.6 Å². The van der Waals surface area contributed by atoms with E-state index in [0.717, 1.165) is 47.4 Å². The molecule has 7 nitrogen and oxygen atoms in total. The Morgan fingerprint density at radius 1 is 1.25 bits per heavy atom. The van der Waals surface area contributed by atoms with Crippen molar-refractivity contribution in [3.63, 3.8) is 0 Å². The molecule has 4 rings (SSSR count). The molecule has 1 aromatic carbocycles. The molecule has 1 aliphatic heterocycles. The van der Waals surface area contributed by atoms with Crippen LogP contribution in [0.25, 0.3) is 0 Å². The number of aryl methyl sites for hydroxylation is 1. The van der Waals surface area contributed by atoms with Gasteiger partial charge in [-0.25, -0.2) is 0 Å². The van der Waals surface area contributed by atoms with E-state index in [2.05, 4.69) is 29.3 Å². The van der Waals surface area contributed by atoms with Crippen molar-refractivity contribution in [3.05, 3.63) is 55.5 Å². The summed E-state index contributed by atoms with van der Waals surface area (Å²) in [4.78, 5) is 31.7. The maximum atomic E-state index is 13.2. The molecule has 1 atom stereocenters. The lowest BCUT2D eigenvalue weighted by Gasteiger charge is -2.45. The summed E-state index contributed by atoms with van der Waals surface area (Å²) in [6.45, 7) is 6.19. The first kappa shape index (κ1) is 27.0. The Hall–Kier alpha value is -2.00. The maximum Gasteiger partial charge on any atom is 0.254 e. The number of nitrogens with one attached hydrogen (secondary N) is 2. The van der Waals surface area contributed by atoms with E-state index in [1.54, 1.807) is 6.07 Å². The van der Waals surface area contributed by atoms with E-state index in [4.69, 9.17) is 21.1 Å². The molecule has 1 aliphatic carbocycles. The number of H-pyrrole nitrogens is 1. The van der Waals surface area contributed by atoms with Crippen molar-refractivity contribution in [2.24, 2.45) is 5.92 Å². The summed E-state index contributed by atoms with van der Waals surface area (Å²) >= 11 is 8.08. The fourth-order valence-corrected chi connectivity index (χ4v) is 6.31. The maximum absolute atomic E-state index is 13.2. The van der Waals surface area contributed by atoms with Crippen LogP contribution in [0.3, 0.4) is 0 Å². The van der Waals surface area contributed by atoms with E-state index in [1.165, 1.54) is 11.8 Å². The van der Waals surface area contributed by atoms with Gasteiger partial charge in [0.2, 0.25) is 5.79 Å². The molecule has 2 aliphatic rings. The monoisotopic (exact) mass is 533 g/mol. The van der Waals surface area contributed by atoms with Gasteiger partial charge in [0.05, 0.1) is 11.6 Å². The van der Waals surface area contributed by atoms with E-state index in [0.29, 0.717) is 34.5 Å². The van der Waals surface area contributed by atoms with E-state index >= 15 is 0 Å². The number of thioether (sulfide) groups is 1. The summed E-state index contributed by atoms with van der Waals surface area (Å²) in [7, 11) is 4.26. The first-order chi connectivity index (χ1) is 17.0. The van der Waals surface area contributed by atoms with E-state index in [-0.39, 0.29) is 23.9 Å². The Labute approximate surface area is 222 Å². The van der Waals surface area contributed by atoms with E-state index in [9.17, 15) is 9.59 Å². The molecule has 1 unspecified atom stereocenters. The van der Waals surface area contributed by atoms with Gasteiger partial charge in [0.15, 0.2) is 0 Å². The highest BCUT2D eigenvalue weighted by atomic mass is 35.5. The van der Waals surface area contributed by atoms with Gasteiger partial charge in [-0.3, -0.25) is 9.59 Å². The first-order valence-corrected chi connectivity index (χ1v) is 14.0. The van der Waals surface area contributed by atoms with Crippen molar-refractivity contribution in [2.75, 3.05) is 20.4 Å². The molecule has 2 aromatic rings. The zero-order chi connectivity index (χ0) is 26.2. The number of halogens is 1. The minimum Gasteiger partial charge on any atom is -0.462 e. The first-order valence-electron chi connectivity index (χ1n) is 12.4. The second-order valence-electron chi connectivity index (χ2n) is 10.2. The van der Waals surface area contributed by atoms with Gasteiger partial charge in [0.25, 0.3) is 11.5 Å². The van der Waals surface area contributed by atoms with Gasteiger partial charge in [-0.1, -0.05) is 11.6 Å². The fourth-order valence-electron chi connectivity index (χ4n) is 5.35. The van der Waals surface area contributed by atoms with Crippen molar-refractivity contribution < 1.29 is 14.3 Å². The molecule has 0 spiro atoms. The number of aromatic nitrogens is 1. The van der Waals surface area contributed by atoms with Crippen molar-refractivity contribution in [1.82, 2.24) is 15.2 Å². The number of carbonyl (C=O) groups is 1. The average Bonchev–Trinajstić information content (AvgIpc) is 2.85. The standard InChI is InChI=1S/C27H36ClN3O4S/c1-15-11-23(36-6)20(26(33)30-15)13-29-25(32)19-12-22(28)21-14-34-27(3,35-24(21)16(19)2)17-7-9-18(10-8-17)31(4)5/h11-12,17-18H,7-10,13-14H2,1-6H3,(H,29,32)(H,30,33). The van der Waals surface area contributed by atoms with Crippen LogP contribution >= 0.6 is 23.4 Å². The van der Waals surface area contributed by atoms with Gasteiger partial charge < -0.3 is 24.7 Å². The Balaban J connectivity index is 1.55. The van der Waals surface area contributed by atoms with Crippen molar-refractivity contribution in [3.8, 4) is 5.75 Å².